The maximum absolute atomic E-state index is 5.45. The second kappa shape index (κ2) is 5.99. The van der Waals surface area contributed by atoms with Crippen LogP contribution >= 0.6 is 27.3 Å². The molecule has 2 aromatic rings. The predicted molar refractivity (Wildman–Crippen MR) is 89.3 cm³/mol. The first-order chi connectivity index (χ1) is 10.1. The lowest BCUT2D eigenvalue weighted by molar-refractivity contribution is 0.173. The number of hydrogen-bond donors (Lipinski definition) is 1. The first-order valence-electron chi connectivity index (χ1n) is 6.89. The molecule has 3 nitrogen and oxygen atoms in total. The third-order valence-corrected chi connectivity index (χ3v) is 5.40. The molecule has 0 aliphatic carbocycles. The maximum Gasteiger partial charge on any atom is 0.231 e. The molecule has 112 valence electrons. The van der Waals surface area contributed by atoms with Gasteiger partial charge in [0.25, 0.3) is 0 Å². The molecule has 0 radical (unpaired) electrons. The molecule has 1 aromatic heterocycles. The van der Waals surface area contributed by atoms with E-state index in [1.807, 2.05) is 17.4 Å². The third kappa shape index (κ3) is 3.25. The van der Waals surface area contributed by atoms with Crippen LogP contribution in [0, 0.1) is 0 Å². The van der Waals surface area contributed by atoms with Crippen molar-refractivity contribution in [2.24, 2.45) is 0 Å². The van der Waals surface area contributed by atoms with Gasteiger partial charge in [0.1, 0.15) is 0 Å². The van der Waals surface area contributed by atoms with Crippen molar-refractivity contribution in [2.75, 3.05) is 13.3 Å². The largest absolute Gasteiger partial charge is 0.454 e. The standard InChI is InChI=1S/C16H18BrNO2S/c1-16(2,14-4-3-5-21-14)9-18-8-11-6-12(17)15-13(7-11)19-10-20-15/h3-7,18H,8-10H2,1-2H3. The lowest BCUT2D eigenvalue weighted by Crippen LogP contribution is -2.31. The molecule has 1 aliphatic rings. The Hall–Kier alpha value is -1.04. The average molecular weight is 368 g/mol. The van der Waals surface area contributed by atoms with Gasteiger partial charge in [-0.25, -0.2) is 0 Å². The van der Waals surface area contributed by atoms with Crippen LogP contribution in [0.2, 0.25) is 0 Å². The Bertz CT molecular complexity index is 625. The lowest BCUT2D eigenvalue weighted by atomic mass is 9.91. The summed E-state index contributed by atoms with van der Waals surface area (Å²) in [5.74, 6) is 1.62. The number of fused-ring (bicyclic) bond motifs is 1. The molecule has 3 rings (SSSR count). The zero-order valence-electron chi connectivity index (χ0n) is 12.1. The summed E-state index contributed by atoms with van der Waals surface area (Å²) in [7, 11) is 0. The van der Waals surface area contributed by atoms with Crippen LogP contribution in [-0.4, -0.2) is 13.3 Å². The molecule has 2 heterocycles. The van der Waals surface area contributed by atoms with Gasteiger partial charge in [-0.05, 0) is 45.1 Å². The molecule has 1 N–H and O–H groups in total. The van der Waals surface area contributed by atoms with Gasteiger partial charge in [-0.1, -0.05) is 19.9 Å². The summed E-state index contributed by atoms with van der Waals surface area (Å²) in [4.78, 5) is 1.40. The molecule has 0 unspecified atom stereocenters. The van der Waals surface area contributed by atoms with E-state index in [2.05, 4.69) is 58.7 Å². The van der Waals surface area contributed by atoms with Crippen LogP contribution < -0.4 is 14.8 Å². The zero-order valence-corrected chi connectivity index (χ0v) is 14.5. The number of ether oxygens (including phenoxy) is 2. The molecule has 0 spiro atoms. The van der Waals surface area contributed by atoms with E-state index in [9.17, 15) is 0 Å². The Morgan fingerprint density at radius 1 is 1.33 bits per heavy atom. The van der Waals surface area contributed by atoms with Crippen LogP contribution in [0.25, 0.3) is 0 Å². The molecular formula is C16H18BrNO2S. The van der Waals surface area contributed by atoms with E-state index in [4.69, 9.17) is 9.47 Å². The molecule has 0 amide bonds. The van der Waals surface area contributed by atoms with Gasteiger partial charge in [0.15, 0.2) is 11.5 Å². The van der Waals surface area contributed by atoms with E-state index in [1.165, 1.54) is 10.4 Å². The van der Waals surface area contributed by atoms with Crippen LogP contribution in [0.15, 0.2) is 34.1 Å². The van der Waals surface area contributed by atoms with Crippen LogP contribution in [0.1, 0.15) is 24.3 Å². The van der Waals surface area contributed by atoms with Crippen LogP contribution in [0.4, 0.5) is 0 Å². The van der Waals surface area contributed by atoms with Gasteiger partial charge < -0.3 is 14.8 Å². The molecule has 1 aliphatic heterocycles. The van der Waals surface area contributed by atoms with Gasteiger partial charge in [-0.3, -0.25) is 0 Å². The molecule has 0 bridgehead atoms. The number of halogens is 1. The minimum Gasteiger partial charge on any atom is -0.454 e. The van der Waals surface area contributed by atoms with Gasteiger partial charge in [-0.15, -0.1) is 11.3 Å². The molecule has 0 saturated carbocycles. The predicted octanol–water partition coefficient (Wildman–Crippen LogP) is 4.31. The second-order valence-corrected chi connectivity index (χ2v) is 7.58. The van der Waals surface area contributed by atoms with Gasteiger partial charge in [0, 0.05) is 23.4 Å². The van der Waals surface area contributed by atoms with E-state index in [1.54, 1.807) is 0 Å². The molecule has 0 saturated heterocycles. The van der Waals surface area contributed by atoms with E-state index in [-0.39, 0.29) is 5.41 Å². The molecular weight excluding hydrogens is 350 g/mol. The highest BCUT2D eigenvalue weighted by atomic mass is 79.9. The summed E-state index contributed by atoms with van der Waals surface area (Å²) >= 11 is 5.34. The Morgan fingerprint density at radius 2 is 2.19 bits per heavy atom. The highest BCUT2D eigenvalue weighted by Gasteiger charge is 2.22. The maximum atomic E-state index is 5.45. The summed E-state index contributed by atoms with van der Waals surface area (Å²) in [6.07, 6.45) is 0. The van der Waals surface area contributed by atoms with Crippen molar-refractivity contribution >= 4 is 27.3 Å². The molecule has 21 heavy (non-hydrogen) atoms. The topological polar surface area (TPSA) is 30.5 Å². The molecule has 0 atom stereocenters. The Balaban J connectivity index is 1.62. The smallest absolute Gasteiger partial charge is 0.231 e. The monoisotopic (exact) mass is 367 g/mol. The number of thiophene rings is 1. The number of hydrogen-bond acceptors (Lipinski definition) is 4. The van der Waals surface area contributed by atoms with Crippen molar-refractivity contribution in [1.29, 1.82) is 0 Å². The van der Waals surface area contributed by atoms with Crippen molar-refractivity contribution < 1.29 is 9.47 Å². The normalized spacial score (nSPS) is 13.7. The van der Waals surface area contributed by atoms with E-state index in [0.717, 1.165) is 29.1 Å². The molecule has 1 aromatic carbocycles. The quantitative estimate of drug-likeness (QED) is 0.853. The fourth-order valence-corrected chi connectivity index (χ4v) is 3.85. The molecule has 0 fully saturated rings. The Labute approximate surface area is 137 Å². The van der Waals surface area contributed by atoms with Crippen LogP contribution in [-0.2, 0) is 12.0 Å². The van der Waals surface area contributed by atoms with Gasteiger partial charge >= 0.3 is 0 Å². The summed E-state index contributed by atoms with van der Waals surface area (Å²) in [5.41, 5.74) is 1.33. The third-order valence-electron chi connectivity index (χ3n) is 3.57. The van der Waals surface area contributed by atoms with Crippen molar-refractivity contribution in [3.63, 3.8) is 0 Å². The number of nitrogens with one attached hydrogen (secondary N) is 1. The highest BCUT2D eigenvalue weighted by Crippen LogP contribution is 2.40. The van der Waals surface area contributed by atoms with Gasteiger partial charge in [0.2, 0.25) is 6.79 Å². The fourth-order valence-electron chi connectivity index (χ4n) is 2.39. The van der Waals surface area contributed by atoms with Crippen molar-refractivity contribution in [3.05, 3.63) is 44.6 Å². The van der Waals surface area contributed by atoms with Crippen LogP contribution in [0.3, 0.4) is 0 Å². The van der Waals surface area contributed by atoms with E-state index < -0.39 is 0 Å². The Morgan fingerprint density at radius 3 is 2.95 bits per heavy atom. The highest BCUT2D eigenvalue weighted by molar-refractivity contribution is 9.10. The Kier molecular flexibility index (Phi) is 4.24. The minimum atomic E-state index is 0.141. The van der Waals surface area contributed by atoms with Gasteiger partial charge in [0.05, 0.1) is 4.47 Å². The van der Waals surface area contributed by atoms with Crippen LogP contribution in [0.5, 0.6) is 11.5 Å². The zero-order chi connectivity index (χ0) is 14.9. The van der Waals surface area contributed by atoms with E-state index >= 15 is 0 Å². The average Bonchev–Trinajstić information content (AvgIpc) is 3.10. The summed E-state index contributed by atoms with van der Waals surface area (Å²) < 4.78 is 11.8. The first kappa shape index (κ1) is 14.9. The van der Waals surface area contributed by atoms with E-state index in [0.29, 0.717) is 6.79 Å². The summed E-state index contributed by atoms with van der Waals surface area (Å²) in [6, 6.07) is 8.43. The van der Waals surface area contributed by atoms with Crippen molar-refractivity contribution in [1.82, 2.24) is 5.32 Å². The number of benzene rings is 1. The summed E-state index contributed by atoms with van der Waals surface area (Å²) in [5, 5.41) is 5.67. The van der Waals surface area contributed by atoms with Crippen molar-refractivity contribution in [2.45, 2.75) is 25.8 Å². The lowest BCUT2D eigenvalue weighted by Gasteiger charge is -2.23. The SMILES string of the molecule is CC(C)(CNCc1cc(Br)c2c(c1)OCO2)c1cccs1. The van der Waals surface area contributed by atoms with Gasteiger partial charge in [-0.2, -0.15) is 0 Å². The van der Waals surface area contributed by atoms with Crippen molar-refractivity contribution in [3.8, 4) is 11.5 Å². The minimum absolute atomic E-state index is 0.141. The second-order valence-electron chi connectivity index (χ2n) is 5.78. The molecule has 5 heteroatoms. The fraction of sp³-hybridized carbons (Fsp3) is 0.375. The number of rotatable bonds is 5. The first-order valence-corrected chi connectivity index (χ1v) is 8.56. The summed E-state index contributed by atoms with van der Waals surface area (Å²) in [6.45, 7) is 6.57.